The first-order valence-electron chi connectivity index (χ1n) is 8.07. The van der Waals surface area contributed by atoms with E-state index in [4.69, 9.17) is 5.11 Å². The molecule has 1 heterocycles. The maximum Gasteiger partial charge on any atom is 0.319 e. The molecule has 1 saturated heterocycles. The Hall–Kier alpha value is -2.08. The Morgan fingerprint density at radius 2 is 2.17 bits per heavy atom. The number of hydrogen-bond donors (Lipinski definition) is 3. The van der Waals surface area contributed by atoms with Gasteiger partial charge >= 0.3 is 6.03 Å². The van der Waals surface area contributed by atoms with Crippen LogP contribution in [0.2, 0.25) is 0 Å². The summed E-state index contributed by atoms with van der Waals surface area (Å²) in [6.07, 6.45) is 2.23. The Morgan fingerprint density at radius 3 is 2.83 bits per heavy atom. The predicted molar refractivity (Wildman–Crippen MR) is 89.6 cm³/mol. The highest BCUT2D eigenvalue weighted by Gasteiger charge is 2.22. The van der Waals surface area contributed by atoms with Crippen molar-refractivity contribution in [3.05, 3.63) is 29.3 Å². The predicted octanol–water partition coefficient (Wildman–Crippen LogP) is 1.98. The molecule has 0 aliphatic carbocycles. The summed E-state index contributed by atoms with van der Waals surface area (Å²) in [4.78, 5) is 26.1. The highest BCUT2D eigenvalue weighted by molar-refractivity contribution is 5.96. The summed E-state index contributed by atoms with van der Waals surface area (Å²) >= 11 is 0. The molecule has 1 aromatic rings. The molecule has 0 unspecified atom stereocenters. The second kappa shape index (κ2) is 7.97. The van der Waals surface area contributed by atoms with E-state index in [1.165, 1.54) is 6.42 Å². The van der Waals surface area contributed by atoms with Crippen LogP contribution in [0, 0.1) is 12.8 Å². The molecular formula is C17H25N3O3. The third kappa shape index (κ3) is 4.69. The molecule has 0 bridgehead atoms. The van der Waals surface area contributed by atoms with Crippen LogP contribution in [0.5, 0.6) is 0 Å². The molecule has 0 saturated carbocycles. The minimum Gasteiger partial charge on any atom is -0.395 e. The summed E-state index contributed by atoms with van der Waals surface area (Å²) in [6, 6.07) is 4.93. The van der Waals surface area contributed by atoms with E-state index in [9.17, 15) is 9.59 Å². The number of hydrogen-bond acceptors (Lipinski definition) is 3. The van der Waals surface area contributed by atoms with E-state index in [1.54, 1.807) is 12.1 Å². The lowest BCUT2D eigenvalue weighted by atomic mass is 9.99. The molecule has 1 aromatic carbocycles. The van der Waals surface area contributed by atoms with Gasteiger partial charge < -0.3 is 20.6 Å². The largest absolute Gasteiger partial charge is 0.395 e. The Morgan fingerprint density at radius 1 is 1.39 bits per heavy atom. The number of aliphatic hydroxyl groups excluding tert-OH is 1. The number of benzene rings is 1. The minimum absolute atomic E-state index is 0.0518. The van der Waals surface area contributed by atoms with E-state index in [1.807, 2.05) is 17.9 Å². The second-order valence-corrected chi connectivity index (χ2v) is 6.13. The fourth-order valence-corrected chi connectivity index (χ4v) is 2.83. The van der Waals surface area contributed by atoms with E-state index < -0.39 is 0 Å². The Bertz CT molecular complexity index is 574. The number of nitrogens with zero attached hydrogens (tertiary/aromatic N) is 1. The van der Waals surface area contributed by atoms with Crippen LogP contribution in [-0.2, 0) is 0 Å². The van der Waals surface area contributed by atoms with Gasteiger partial charge in [0.15, 0.2) is 0 Å². The molecule has 0 spiro atoms. The zero-order valence-electron chi connectivity index (χ0n) is 13.8. The lowest BCUT2D eigenvalue weighted by molar-refractivity contribution is 0.0683. The number of aliphatic hydroxyl groups is 1. The van der Waals surface area contributed by atoms with Crippen LogP contribution in [0.25, 0.3) is 0 Å². The molecule has 126 valence electrons. The van der Waals surface area contributed by atoms with Crippen LogP contribution in [0.4, 0.5) is 10.5 Å². The fraction of sp³-hybridized carbons (Fsp3) is 0.529. The quantitative estimate of drug-likeness (QED) is 0.794. The first-order valence-corrected chi connectivity index (χ1v) is 8.07. The van der Waals surface area contributed by atoms with Crippen molar-refractivity contribution < 1.29 is 14.7 Å². The molecule has 1 aliphatic heterocycles. The van der Waals surface area contributed by atoms with Crippen molar-refractivity contribution in [1.82, 2.24) is 10.2 Å². The minimum atomic E-state index is -0.369. The third-order valence-electron chi connectivity index (χ3n) is 4.06. The van der Waals surface area contributed by atoms with Gasteiger partial charge in [-0.2, -0.15) is 0 Å². The van der Waals surface area contributed by atoms with E-state index >= 15 is 0 Å². The lowest BCUT2D eigenvalue weighted by Crippen LogP contribution is -2.39. The van der Waals surface area contributed by atoms with Crippen LogP contribution in [0.1, 0.15) is 35.7 Å². The zero-order chi connectivity index (χ0) is 16.8. The molecule has 1 aliphatic rings. The van der Waals surface area contributed by atoms with E-state index in [2.05, 4.69) is 17.6 Å². The number of piperidine rings is 1. The maximum absolute atomic E-state index is 12.6. The summed E-state index contributed by atoms with van der Waals surface area (Å²) in [7, 11) is 0. The van der Waals surface area contributed by atoms with Crippen molar-refractivity contribution in [3.8, 4) is 0 Å². The molecule has 3 amide bonds. The van der Waals surface area contributed by atoms with Gasteiger partial charge in [0.05, 0.1) is 6.61 Å². The number of amides is 3. The topological polar surface area (TPSA) is 81.7 Å². The van der Waals surface area contributed by atoms with Crippen molar-refractivity contribution in [2.24, 2.45) is 5.92 Å². The number of carbonyl (C=O) groups is 2. The van der Waals surface area contributed by atoms with Gasteiger partial charge in [-0.15, -0.1) is 0 Å². The summed E-state index contributed by atoms with van der Waals surface area (Å²) in [5.41, 5.74) is 2.14. The van der Waals surface area contributed by atoms with Gasteiger partial charge in [-0.05, 0) is 49.4 Å². The summed E-state index contributed by atoms with van der Waals surface area (Å²) < 4.78 is 0. The number of aryl methyl sites for hydroxylation is 1. The number of carbonyl (C=O) groups excluding carboxylic acids is 2. The smallest absolute Gasteiger partial charge is 0.319 e. The first kappa shape index (κ1) is 17.3. The van der Waals surface area contributed by atoms with Crippen molar-refractivity contribution in [2.45, 2.75) is 26.7 Å². The maximum atomic E-state index is 12.6. The number of nitrogens with one attached hydrogen (secondary N) is 2. The number of anilines is 1. The van der Waals surface area contributed by atoms with Crippen molar-refractivity contribution in [3.63, 3.8) is 0 Å². The van der Waals surface area contributed by atoms with Crippen LogP contribution >= 0.6 is 0 Å². The first-order chi connectivity index (χ1) is 11.0. The van der Waals surface area contributed by atoms with E-state index in [0.717, 1.165) is 25.1 Å². The fourth-order valence-electron chi connectivity index (χ4n) is 2.83. The van der Waals surface area contributed by atoms with E-state index in [0.29, 0.717) is 17.2 Å². The van der Waals surface area contributed by atoms with Gasteiger partial charge in [0.1, 0.15) is 0 Å². The average Bonchev–Trinajstić information content (AvgIpc) is 2.54. The van der Waals surface area contributed by atoms with Gasteiger partial charge in [-0.1, -0.05) is 6.92 Å². The highest BCUT2D eigenvalue weighted by Crippen LogP contribution is 2.21. The van der Waals surface area contributed by atoms with Crippen molar-refractivity contribution in [2.75, 3.05) is 31.6 Å². The Balaban J connectivity index is 2.03. The molecule has 0 aromatic heterocycles. The van der Waals surface area contributed by atoms with Gasteiger partial charge in [0.2, 0.25) is 0 Å². The van der Waals surface area contributed by atoms with E-state index in [-0.39, 0.29) is 25.1 Å². The molecule has 1 fully saturated rings. The Kier molecular flexibility index (Phi) is 5.98. The van der Waals surface area contributed by atoms with Crippen molar-refractivity contribution >= 4 is 17.6 Å². The number of rotatable bonds is 4. The van der Waals surface area contributed by atoms with Crippen LogP contribution in [0.3, 0.4) is 0 Å². The van der Waals surface area contributed by atoms with Crippen molar-refractivity contribution in [1.29, 1.82) is 0 Å². The average molecular weight is 319 g/mol. The standard InChI is InChI=1S/C17H25N3O3/c1-12-4-3-8-20(11-12)16(22)14-5-6-15(13(2)10-14)19-17(23)18-7-9-21/h5-6,10,12,21H,3-4,7-9,11H2,1-2H3,(H2,18,19,23)/t12-/m1/s1. The number of likely N-dealkylation sites (tertiary alicyclic amines) is 1. The van der Waals surface area contributed by atoms with Gasteiger partial charge in [0, 0.05) is 30.9 Å². The van der Waals surface area contributed by atoms with Gasteiger partial charge in [-0.3, -0.25) is 4.79 Å². The summed E-state index contributed by atoms with van der Waals surface area (Å²) in [6.45, 7) is 5.75. The zero-order valence-corrected chi connectivity index (χ0v) is 13.8. The van der Waals surface area contributed by atoms with Crippen LogP contribution < -0.4 is 10.6 Å². The number of urea groups is 1. The summed E-state index contributed by atoms with van der Waals surface area (Å²) in [5.74, 6) is 0.598. The molecule has 3 N–H and O–H groups in total. The normalized spacial score (nSPS) is 17.7. The SMILES string of the molecule is Cc1cc(C(=O)N2CCC[C@@H](C)C2)ccc1NC(=O)NCCO. The Labute approximate surface area is 136 Å². The monoisotopic (exact) mass is 319 g/mol. The molecule has 23 heavy (non-hydrogen) atoms. The molecule has 0 radical (unpaired) electrons. The molecular weight excluding hydrogens is 294 g/mol. The highest BCUT2D eigenvalue weighted by atomic mass is 16.3. The summed E-state index contributed by atoms with van der Waals surface area (Å²) in [5, 5.41) is 13.9. The molecule has 1 atom stereocenters. The van der Waals surface area contributed by atoms with Crippen LogP contribution in [0.15, 0.2) is 18.2 Å². The van der Waals surface area contributed by atoms with Gasteiger partial charge in [-0.25, -0.2) is 4.79 Å². The lowest BCUT2D eigenvalue weighted by Gasteiger charge is -2.31. The molecule has 6 heteroatoms. The third-order valence-corrected chi connectivity index (χ3v) is 4.06. The molecule has 6 nitrogen and oxygen atoms in total. The molecule has 2 rings (SSSR count). The second-order valence-electron chi connectivity index (χ2n) is 6.13. The van der Waals surface area contributed by atoms with Crippen LogP contribution in [-0.4, -0.2) is 48.2 Å². The van der Waals surface area contributed by atoms with Gasteiger partial charge in [0.25, 0.3) is 5.91 Å².